The lowest BCUT2D eigenvalue weighted by atomic mass is 10.0. The number of hydrogen-bond donors (Lipinski definition) is 0. The summed E-state index contributed by atoms with van der Waals surface area (Å²) in [6.45, 7) is 8.16. The van der Waals surface area contributed by atoms with Gasteiger partial charge < -0.3 is 4.74 Å². The van der Waals surface area contributed by atoms with Crippen molar-refractivity contribution in [2.45, 2.75) is 20.3 Å². The molecule has 0 amide bonds. The molecule has 15 heavy (non-hydrogen) atoms. The molecule has 0 spiro atoms. The third-order valence-corrected chi connectivity index (χ3v) is 2.42. The first kappa shape index (κ1) is 11.4. The molecule has 1 aromatic rings. The lowest BCUT2D eigenvalue weighted by Crippen LogP contribution is -2.01. The fourth-order valence-electron chi connectivity index (χ4n) is 1.48. The Kier molecular flexibility index (Phi) is 4.00. The van der Waals surface area contributed by atoms with Crippen LogP contribution in [0.5, 0.6) is 5.75 Å². The van der Waals surface area contributed by atoms with Crippen molar-refractivity contribution >= 4 is 0 Å². The van der Waals surface area contributed by atoms with Crippen molar-refractivity contribution in [1.29, 1.82) is 0 Å². The molecule has 0 N–H and O–H groups in total. The van der Waals surface area contributed by atoms with Crippen molar-refractivity contribution in [2.24, 2.45) is 0 Å². The first-order valence-electron chi connectivity index (χ1n) is 4.97. The summed E-state index contributed by atoms with van der Waals surface area (Å²) < 4.78 is 5.57. The topological polar surface area (TPSA) is 9.23 Å². The molecule has 78 valence electrons. The van der Waals surface area contributed by atoms with E-state index >= 15 is 0 Å². The fraction of sp³-hybridized carbons (Fsp3) is 0.286. The van der Waals surface area contributed by atoms with Crippen LogP contribution in [-0.4, -0.2) is 6.61 Å². The maximum atomic E-state index is 5.57. The number of terminal acetylenes is 1. The molecule has 0 aliphatic carbocycles. The van der Waals surface area contributed by atoms with Crippen molar-refractivity contribution in [3.05, 3.63) is 41.5 Å². The summed E-state index contributed by atoms with van der Waals surface area (Å²) in [5.41, 5.74) is 3.52. The molecule has 0 atom stereocenters. The Labute approximate surface area is 91.8 Å². The van der Waals surface area contributed by atoms with Crippen LogP contribution in [0.1, 0.15) is 16.7 Å². The van der Waals surface area contributed by atoms with E-state index in [0.29, 0.717) is 6.61 Å². The molecule has 0 fully saturated rings. The van der Waals surface area contributed by atoms with Crippen LogP contribution in [0, 0.1) is 26.2 Å². The monoisotopic (exact) mass is 200 g/mol. The largest absolute Gasteiger partial charge is 0.480 e. The van der Waals surface area contributed by atoms with Crippen LogP contribution in [0.25, 0.3) is 0 Å². The van der Waals surface area contributed by atoms with Gasteiger partial charge in [0.25, 0.3) is 0 Å². The number of ether oxygens (including phenoxy) is 1. The normalized spacial score (nSPS) is 9.40. The van der Waals surface area contributed by atoms with Gasteiger partial charge in [-0.15, -0.1) is 13.0 Å². The van der Waals surface area contributed by atoms with Gasteiger partial charge in [-0.2, -0.15) is 0 Å². The van der Waals surface area contributed by atoms with E-state index in [1.807, 2.05) is 13.0 Å². The summed E-state index contributed by atoms with van der Waals surface area (Å²) >= 11 is 0. The number of benzene rings is 1. The molecule has 0 heterocycles. The molecule has 0 saturated heterocycles. The van der Waals surface area contributed by atoms with Crippen LogP contribution in [0.2, 0.25) is 0 Å². The molecule has 0 unspecified atom stereocenters. The third-order valence-electron chi connectivity index (χ3n) is 2.42. The number of hydrogen-bond acceptors (Lipinski definition) is 1. The maximum Gasteiger partial charge on any atom is 0.148 e. The van der Waals surface area contributed by atoms with Gasteiger partial charge in [0.15, 0.2) is 0 Å². The van der Waals surface area contributed by atoms with Gasteiger partial charge in [-0.3, -0.25) is 0 Å². The van der Waals surface area contributed by atoms with Gasteiger partial charge in [-0.25, -0.2) is 0 Å². The van der Waals surface area contributed by atoms with E-state index in [4.69, 9.17) is 11.2 Å². The zero-order chi connectivity index (χ0) is 11.3. The van der Waals surface area contributed by atoms with Crippen molar-refractivity contribution in [3.8, 4) is 18.1 Å². The first-order valence-corrected chi connectivity index (χ1v) is 4.97. The lowest BCUT2D eigenvalue weighted by molar-refractivity contribution is 0.364. The minimum atomic E-state index is 0.314. The van der Waals surface area contributed by atoms with E-state index in [1.54, 1.807) is 0 Å². The number of rotatable bonds is 4. The quantitative estimate of drug-likeness (QED) is 0.536. The number of aryl methyl sites for hydroxylation is 1. The van der Waals surface area contributed by atoms with Crippen LogP contribution in [0.3, 0.4) is 0 Å². The van der Waals surface area contributed by atoms with Crippen molar-refractivity contribution in [2.75, 3.05) is 6.61 Å². The molecule has 0 aliphatic rings. The van der Waals surface area contributed by atoms with Crippen LogP contribution in [-0.2, 0) is 6.42 Å². The Hall–Kier alpha value is -1.68. The van der Waals surface area contributed by atoms with Gasteiger partial charge >= 0.3 is 0 Å². The zero-order valence-electron chi connectivity index (χ0n) is 9.34. The van der Waals surface area contributed by atoms with E-state index in [1.165, 1.54) is 5.56 Å². The minimum absolute atomic E-state index is 0.314. The summed E-state index contributed by atoms with van der Waals surface area (Å²) in [5, 5.41) is 0. The summed E-state index contributed by atoms with van der Waals surface area (Å²) in [5.74, 6) is 3.39. The molecule has 1 nitrogen and oxygen atoms in total. The predicted molar refractivity (Wildman–Crippen MR) is 64.1 cm³/mol. The minimum Gasteiger partial charge on any atom is -0.480 e. The fourth-order valence-corrected chi connectivity index (χ4v) is 1.48. The molecule has 1 heteroatoms. The standard InChI is InChI=1S/C14H16O/c1-5-7-13-9-8-11(3)12(4)14(13)15-10-6-2/h2,5,8-9H,1,7,10H2,3-4H3. The number of allylic oxidation sites excluding steroid dienone is 1. The average Bonchev–Trinajstić information content (AvgIpc) is 2.23. The van der Waals surface area contributed by atoms with Crippen molar-refractivity contribution in [3.63, 3.8) is 0 Å². The molecule has 0 saturated carbocycles. The molecule has 0 bridgehead atoms. The third kappa shape index (κ3) is 2.63. The summed E-state index contributed by atoms with van der Waals surface area (Å²) in [6.07, 6.45) is 7.87. The Morgan fingerprint density at radius 2 is 2.20 bits per heavy atom. The first-order chi connectivity index (χ1) is 7.20. The molecule has 0 aromatic heterocycles. The van der Waals surface area contributed by atoms with E-state index in [-0.39, 0.29) is 0 Å². The highest BCUT2D eigenvalue weighted by molar-refractivity contribution is 5.46. The Bertz CT molecular complexity index is 397. The van der Waals surface area contributed by atoms with Crippen molar-refractivity contribution in [1.82, 2.24) is 0 Å². The van der Waals surface area contributed by atoms with Gasteiger partial charge in [-0.05, 0) is 37.0 Å². The molecule has 1 rings (SSSR count). The van der Waals surface area contributed by atoms with Gasteiger partial charge in [0, 0.05) is 0 Å². The van der Waals surface area contributed by atoms with E-state index in [2.05, 4.69) is 31.6 Å². The van der Waals surface area contributed by atoms with Gasteiger partial charge in [-0.1, -0.05) is 24.1 Å². The summed E-state index contributed by atoms with van der Waals surface area (Å²) in [6, 6.07) is 4.16. The summed E-state index contributed by atoms with van der Waals surface area (Å²) in [7, 11) is 0. The highest BCUT2D eigenvalue weighted by atomic mass is 16.5. The molecular weight excluding hydrogens is 184 g/mol. The predicted octanol–water partition coefficient (Wildman–Crippen LogP) is 3.04. The second kappa shape index (κ2) is 5.26. The van der Waals surface area contributed by atoms with Crippen LogP contribution >= 0.6 is 0 Å². The molecular formula is C14H16O. The van der Waals surface area contributed by atoms with Crippen LogP contribution in [0.15, 0.2) is 24.8 Å². The van der Waals surface area contributed by atoms with E-state index in [9.17, 15) is 0 Å². The Morgan fingerprint density at radius 1 is 1.47 bits per heavy atom. The second-order valence-electron chi connectivity index (χ2n) is 3.48. The SMILES string of the molecule is C#CCOc1c(CC=C)ccc(C)c1C. The highest BCUT2D eigenvalue weighted by Crippen LogP contribution is 2.26. The van der Waals surface area contributed by atoms with Crippen LogP contribution in [0.4, 0.5) is 0 Å². The van der Waals surface area contributed by atoms with Crippen LogP contribution < -0.4 is 4.74 Å². The van der Waals surface area contributed by atoms with E-state index < -0.39 is 0 Å². The van der Waals surface area contributed by atoms with Gasteiger partial charge in [0.05, 0.1) is 0 Å². The maximum absolute atomic E-state index is 5.57. The zero-order valence-corrected chi connectivity index (χ0v) is 9.34. The van der Waals surface area contributed by atoms with Crippen molar-refractivity contribution < 1.29 is 4.74 Å². The van der Waals surface area contributed by atoms with Gasteiger partial charge in [0.1, 0.15) is 12.4 Å². The Morgan fingerprint density at radius 3 is 2.80 bits per heavy atom. The smallest absolute Gasteiger partial charge is 0.148 e. The second-order valence-corrected chi connectivity index (χ2v) is 3.48. The molecule has 0 aliphatic heterocycles. The molecule has 0 radical (unpaired) electrons. The lowest BCUT2D eigenvalue weighted by Gasteiger charge is -2.13. The molecule has 1 aromatic carbocycles. The van der Waals surface area contributed by atoms with Gasteiger partial charge in [0.2, 0.25) is 0 Å². The Balaban J connectivity index is 3.10. The summed E-state index contributed by atoms with van der Waals surface area (Å²) in [4.78, 5) is 0. The van der Waals surface area contributed by atoms with E-state index in [0.717, 1.165) is 23.3 Å². The average molecular weight is 200 g/mol. The highest BCUT2D eigenvalue weighted by Gasteiger charge is 2.07.